The zero-order valence-electron chi connectivity index (χ0n) is 7.08. The van der Waals surface area contributed by atoms with Gasteiger partial charge in [0.25, 0.3) is 0 Å². The number of likely N-dealkylation sites (tertiary alicyclic amines) is 1. The van der Waals surface area contributed by atoms with Crippen LogP contribution in [0, 0.1) is 17.2 Å². The Morgan fingerprint density at radius 2 is 2.45 bits per heavy atom. The van der Waals surface area contributed by atoms with Crippen molar-refractivity contribution in [3.05, 3.63) is 0 Å². The summed E-state index contributed by atoms with van der Waals surface area (Å²) in [6, 6.07) is 2.73. The molecule has 11 heavy (non-hydrogen) atoms. The van der Waals surface area contributed by atoms with Gasteiger partial charge in [0.1, 0.15) is 0 Å². The molecule has 3 heteroatoms. The zero-order valence-corrected chi connectivity index (χ0v) is 7.08. The van der Waals surface area contributed by atoms with E-state index in [-0.39, 0.29) is 5.92 Å². The van der Waals surface area contributed by atoms with Gasteiger partial charge in [-0.05, 0) is 13.5 Å². The van der Waals surface area contributed by atoms with Crippen molar-refractivity contribution in [1.82, 2.24) is 4.90 Å². The van der Waals surface area contributed by atoms with Gasteiger partial charge in [0.15, 0.2) is 0 Å². The van der Waals surface area contributed by atoms with Crippen LogP contribution < -0.4 is 0 Å². The summed E-state index contributed by atoms with van der Waals surface area (Å²) in [6.07, 6.45) is 0.959. The van der Waals surface area contributed by atoms with E-state index in [1.165, 1.54) is 0 Å². The van der Waals surface area contributed by atoms with Crippen molar-refractivity contribution >= 4 is 0 Å². The molecule has 3 nitrogen and oxygen atoms in total. The number of methoxy groups -OCH3 is 1. The van der Waals surface area contributed by atoms with Crippen LogP contribution in [0.4, 0.5) is 0 Å². The van der Waals surface area contributed by atoms with Gasteiger partial charge in [-0.25, -0.2) is 0 Å². The maximum absolute atomic E-state index is 8.65. The van der Waals surface area contributed by atoms with Crippen molar-refractivity contribution < 1.29 is 4.74 Å². The number of nitrogens with zero attached hydrogens (tertiary/aromatic N) is 2. The molecule has 0 saturated carbocycles. The normalized spacial score (nSPS) is 32.1. The predicted molar refractivity (Wildman–Crippen MR) is 42.0 cm³/mol. The van der Waals surface area contributed by atoms with E-state index >= 15 is 0 Å². The third-order valence-electron chi connectivity index (χ3n) is 2.23. The van der Waals surface area contributed by atoms with Crippen molar-refractivity contribution in [3.8, 4) is 6.07 Å². The number of rotatable bonds is 2. The molecule has 1 heterocycles. The number of nitriles is 1. The maximum Gasteiger partial charge on any atom is 0.0669 e. The van der Waals surface area contributed by atoms with Gasteiger partial charge in [-0.1, -0.05) is 0 Å². The van der Waals surface area contributed by atoms with Crippen molar-refractivity contribution in [1.29, 1.82) is 5.26 Å². The van der Waals surface area contributed by atoms with Crippen LogP contribution >= 0.6 is 0 Å². The molecule has 0 aromatic carbocycles. The highest BCUT2D eigenvalue weighted by atomic mass is 16.5. The molecule has 1 rings (SSSR count). The van der Waals surface area contributed by atoms with Crippen molar-refractivity contribution in [3.63, 3.8) is 0 Å². The Balaban J connectivity index is 2.40. The summed E-state index contributed by atoms with van der Waals surface area (Å²) in [5.74, 6) is 0.208. The molecule has 0 N–H and O–H groups in total. The summed E-state index contributed by atoms with van der Waals surface area (Å²) in [5.41, 5.74) is 0. The molecular formula is C8H14N2O. The van der Waals surface area contributed by atoms with E-state index in [2.05, 4.69) is 11.0 Å². The Morgan fingerprint density at radius 3 is 2.91 bits per heavy atom. The molecular weight excluding hydrogens is 140 g/mol. The SMILES string of the molecule is COC[C@@H]1CC(C#N)CN1C. The molecule has 1 fully saturated rings. The van der Waals surface area contributed by atoms with E-state index in [0.29, 0.717) is 6.04 Å². The first-order valence-electron chi connectivity index (χ1n) is 3.86. The van der Waals surface area contributed by atoms with Gasteiger partial charge >= 0.3 is 0 Å². The van der Waals surface area contributed by atoms with Crippen LogP contribution in [0.25, 0.3) is 0 Å². The second-order valence-electron chi connectivity index (χ2n) is 3.11. The van der Waals surface area contributed by atoms with Crippen LogP contribution in [0.15, 0.2) is 0 Å². The Kier molecular flexibility index (Phi) is 2.86. The fourth-order valence-electron chi connectivity index (χ4n) is 1.56. The standard InChI is InChI=1S/C8H14N2O/c1-10-5-7(4-9)3-8(10)6-11-2/h7-8H,3,5-6H2,1-2H3/t7?,8-/m0/s1. The molecule has 0 aliphatic carbocycles. The van der Waals surface area contributed by atoms with Gasteiger partial charge in [0.2, 0.25) is 0 Å². The van der Waals surface area contributed by atoms with Crippen molar-refractivity contribution in [2.45, 2.75) is 12.5 Å². The Hall–Kier alpha value is -0.590. The average Bonchev–Trinajstić information content (AvgIpc) is 2.33. The van der Waals surface area contributed by atoms with Crippen molar-refractivity contribution in [2.75, 3.05) is 27.3 Å². The number of hydrogen-bond donors (Lipinski definition) is 0. The molecule has 0 radical (unpaired) electrons. The van der Waals surface area contributed by atoms with Gasteiger partial charge < -0.3 is 4.74 Å². The molecule has 62 valence electrons. The first-order chi connectivity index (χ1) is 5.27. The highest BCUT2D eigenvalue weighted by Gasteiger charge is 2.28. The first kappa shape index (κ1) is 8.51. The van der Waals surface area contributed by atoms with E-state index in [9.17, 15) is 0 Å². The summed E-state index contributed by atoms with van der Waals surface area (Å²) in [4.78, 5) is 2.19. The summed E-state index contributed by atoms with van der Waals surface area (Å²) < 4.78 is 5.04. The Bertz CT molecular complexity index is 164. The fraction of sp³-hybridized carbons (Fsp3) is 0.875. The summed E-state index contributed by atoms with van der Waals surface area (Å²) in [5, 5.41) is 8.65. The second-order valence-corrected chi connectivity index (χ2v) is 3.11. The molecule has 1 saturated heterocycles. The minimum absolute atomic E-state index is 0.208. The highest BCUT2D eigenvalue weighted by Crippen LogP contribution is 2.20. The lowest BCUT2D eigenvalue weighted by Crippen LogP contribution is -2.28. The Labute approximate surface area is 67.6 Å². The van der Waals surface area contributed by atoms with Gasteiger partial charge in [0, 0.05) is 19.7 Å². The smallest absolute Gasteiger partial charge is 0.0669 e. The summed E-state index contributed by atoms with van der Waals surface area (Å²) >= 11 is 0. The van der Waals surface area contributed by atoms with Gasteiger partial charge in [-0.3, -0.25) is 4.90 Å². The van der Waals surface area contributed by atoms with Crippen LogP contribution in [0.1, 0.15) is 6.42 Å². The number of ether oxygens (including phenoxy) is 1. The van der Waals surface area contributed by atoms with E-state index in [1.807, 2.05) is 7.05 Å². The van der Waals surface area contributed by atoms with Gasteiger partial charge in [-0.2, -0.15) is 5.26 Å². The van der Waals surface area contributed by atoms with Crippen LogP contribution in [-0.4, -0.2) is 38.3 Å². The molecule has 0 amide bonds. The lowest BCUT2D eigenvalue weighted by atomic mass is 10.1. The van der Waals surface area contributed by atoms with Gasteiger partial charge in [-0.15, -0.1) is 0 Å². The lowest BCUT2D eigenvalue weighted by molar-refractivity contribution is 0.129. The molecule has 0 spiro atoms. The number of hydrogen-bond acceptors (Lipinski definition) is 3. The lowest BCUT2D eigenvalue weighted by Gasteiger charge is -2.17. The van der Waals surface area contributed by atoms with E-state index in [4.69, 9.17) is 10.00 Å². The van der Waals surface area contributed by atoms with E-state index in [1.54, 1.807) is 7.11 Å². The first-order valence-corrected chi connectivity index (χ1v) is 3.86. The van der Waals surface area contributed by atoms with E-state index < -0.39 is 0 Å². The average molecular weight is 154 g/mol. The van der Waals surface area contributed by atoms with Crippen molar-refractivity contribution in [2.24, 2.45) is 5.92 Å². The molecule has 0 aromatic heterocycles. The van der Waals surface area contributed by atoms with Crippen LogP contribution in [0.5, 0.6) is 0 Å². The quantitative estimate of drug-likeness (QED) is 0.580. The second kappa shape index (κ2) is 3.70. The van der Waals surface area contributed by atoms with Gasteiger partial charge in [0.05, 0.1) is 18.6 Å². The van der Waals surface area contributed by atoms with Crippen LogP contribution in [0.3, 0.4) is 0 Å². The molecule has 1 aliphatic heterocycles. The maximum atomic E-state index is 8.65. The monoisotopic (exact) mass is 154 g/mol. The minimum Gasteiger partial charge on any atom is -0.383 e. The highest BCUT2D eigenvalue weighted by molar-refractivity contribution is 4.94. The van der Waals surface area contributed by atoms with Crippen LogP contribution in [-0.2, 0) is 4.74 Å². The predicted octanol–water partition coefficient (Wildman–Crippen LogP) is 0.477. The summed E-state index contributed by atoms with van der Waals surface area (Å²) in [7, 11) is 3.74. The topological polar surface area (TPSA) is 36.3 Å². The fourth-order valence-corrected chi connectivity index (χ4v) is 1.56. The largest absolute Gasteiger partial charge is 0.383 e. The third kappa shape index (κ3) is 1.92. The molecule has 2 atom stereocenters. The zero-order chi connectivity index (χ0) is 8.27. The van der Waals surface area contributed by atoms with Crippen LogP contribution in [0.2, 0.25) is 0 Å². The third-order valence-corrected chi connectivity index (χ3v) is 2.23. The number of likely N-dealkylation sites (N-methyl/N-ethyl adjacent to an activating group) is 1. The van der Waals surface area contributed by atoms with E-state index in [0.717, 1.165) is 19.6 Å². The summed E-state index contributed by atoms with van der Waals surface area (Å²) in [6.45, 7) is 1.64. The molecule has 1 unspecified atom stereocenters. The molecule has 0 bridgehead atoms. The minimum atomic E-state index is 0.208. The molecule has 0 aromatic rings. The Morgan fingerprint density at radius 1 is 1.73 bits per heavy atom. The molecule has 1 aliphatic rings.